The van der Waals surface area contributed by atoms with Crippen molar-refractivity contribution in [3.05, 3.63) is 57.7 Å². The Morgan fingerprint density at radius 1 is 1.40 bits per heavy atom. The molecule has 0 saturated carbocycles. The molecule has 0 aliphatic rings. The molecule has 1 unspecified atom stereocenters. The zero-order valence-electron chi connectivity index (χ0n) is 17.5. The molecule has 6 nitrogen and oxygen atoms in total. The number of rotatable bonds is 8. The van der Waals surface area contributed by atoms with Gasteiger partial charge in [-0.2, -0.15) is 0 Å². The van der Waals surface area contributed by atoms with E-state index in [1.54, 1.807) is 36.8 Å². The van der Waals surface area contributed by atoms with E-state index in [1.807, 2.05) is 26.0 Å². The number of aryl methyl sites for hydroxylation is 2. The number of carbonyl (C=O) groups is 1. The average molecular weight is 444 g/mol. The van der Waals surface area contributed by atoms with Crippen molar-refractivity contribution in [3.8, 4) is 11.4 Å². The fourth-order valence-electron chi connectivity index (χ4n) is 3.19. The molecule has 1 amide bonds. The maximum atomic E-state index is 13.6. The summed E-state index contributed by atoms with van der Waals surface area (Å²) in [6, 6.07) is 7.26. The number of hydrogen-bond acceptors (Lipinski definition) is 6. The molecular formula is C22H25N3O3S2. The summed E-state index contributed by atoms with van der Waals surface area (Å²) >= 11 is 2.79. The lowest BCUT2D eigenvalue weighted by molar-refractivity contribution is -0.120. The molecule has 0 saturated heterocycles. The van der Waals surface area contributed by atoms with E-state index in [-0.39, 0.29) is 11.5 Å². The second-order valence-electron chi connectivity index (χ2n) is 6.70. The van der Waals surface area contributed by atoms with Gasteiger partial charge in [-0.3, -0.25) is 14.2 Å². The largest absolute Gasteiger partial charge is 0.497 e. The van der Waals surface area contributed by atoms with Crippen molar-refractivity contribution in [2.75, 3.05) is 13.7 Å². The van der Waals surface area contributed by atoms with Gasteiger partial charge in [-0.05, 0) is 50.1 Å². The molecule has 0 bridgehead atoms. The Morgan fingerprint density at radius 3 is 2.70 bits per heavy atom. The number of ether oxygens (including phenoxy) is 1. The van der Waals surface area contributed by atoms with Crippen molar-refractivity contribution < 1.29 is 9.53 Å². The third kappa shape index (κ3) is 4.29. The Hall–Kier alpha value is -2.58. The van der Waals surface area contributed by atoms with Gasteiger partial charge in [-0.25, -0.2) is 4.98 Å². The van der Waals surface area contributed by atoms with Crippen LogP contribution in [-0.2, 0) is 11.2 Å². The zero-order valence-corrected chi connectivity index (χ0v) is 19.2. The second kappa shape index (κ2) is 9.49. The Labute approximate surface area is 184 Å². The molecule has 158 valence electrons. The van der Waals surface area contributed by atoms with Crippen molar-refractivity contribution in [3.63, 3.8) is 0 Å². The van der Waals surface area contributed by atoms with E-state index in [4.69, 9.17) is 9.72 Å². The van der Waals surface area contributed by atoms with Gasteiger partial charge >= 0.3 is 0 Å². The van der Waals surface area contributed by atoms with Crippen LogP contribution in [0.4, 0.5) is 0 Å². The van der Waals surface area contributed by atoms with Crippen LogP contribution < -0.4 is 15.6 Å². The van der Waals surface area contributed by atoms with Crippen molar-refractivity contribution >= 4 is 39.2 Å². The summed E-state index contributed by atoms with van der Waals surface area (Å²) in [4.78, 5) is 32.6. The quantitative estimate of drug-likeness (QED) is 0.322. The molecule has 1 atom stereocenters. The van der Waals surface area contributed by atoms with Crippen LogP contribution in [0.1, 0.15) is 24.3 Å². The first kappa shape index (κ1) is 22.1. The zero-order chi connectivity index (χ0) is 21.8. The molecule has 0 aliphatic carbocycles. The molecule has 8 heteroatoms. The standard InChI is InChI=1S/C22H25N3O3S2/c1-6-12-23-19(26)14(4)30-22-24-20-18(17(7-2)13(3)29-20)21(27)25(22)15-8-10-16(28-5)11-9-15/h6,8-11,14H,1,7,12H2,2-5H3,(H,23,26). The van der Waals surface area contributed by atoms with Gasteiger partial charge in [0, 0.05) is 11.4 Å². The van der Waals surface area contributed by atoms with E-state index < -0.39 is 5.25 Å². The van der Waals surface area contributed by atoms with Crippen molar-refractivity contribution in [2.45, 2.75) is 37.6 Å². The van der Waals surface area contributed by atoms with Crippen LogP contribution in [-0.4, -0.2) is 34.4 Å². The molecule has 1 aromatic carbocycles. The number of methoxy groups -OCH3 is 1. The highest BCUT2D eigenvalue weighted by Gasteiger charge is 2.22. The smallest absolute Gasteiger partial charge is 0.267 e. The van der Waals surface area contributed by atoms with Gasteiger partial charge < -0.3 is 10.1 Å². The number of fused-ring (bicyclic) bond motifs is 1. The summed E-state index contributed by atoms with van der Waals surface area (Å²) in [5.74, 6) is 0.569. The van der Waals surface area contributed by atoms with Crippen LogP contribution >= 0.6 is 23.1 Å². The number of thiophene rings is 1. The lowest BCUT2D eigenvalue weighted by Crippen LogP contribution is -2.32. The van der Waals surface area contributed by atoms with Crippen molar-refractivity contribution in [1.29, 1.82) is 0 Å². The normalized spacial score (nSPS) is 12.0. The lowest BCUT2D eigenvalue weighted by atomic mass is 10.1. The minimum Gasteiger partial charge on any atom is -0.497 e. The molecule has 2 aromatic heterocycles. The Bertz CT molecular complexity index is 1130. The number of nitrogens with zero attached hydrogens (tertiary/aromatic N) is 2. The summed E-state index contributed by atoms with van der Waals surface area (Å²) < 4.78 is 6.83. The summed E-state index contributed by atoms with van der Waals surface area (Å²) in [7, 11) is 1.60. The highest BCUT2D eigenvalue weighted by molar-refractivity contribution is 8.00. The summed E-state index contributed by atoms with van der Waals surface area (Å²) in [5, 5.41) is 3.51. The first-order valence-corrected chi connectivity index (χ1v) is 11.4. The van der Waals surface area contributed by atoms with Crippen LogP contribution in [0.2, 0.25) is 0 Å². The van der Waals surface area contributed by atoms with E-state index in [2.05, 4.69) is 11.9 Å². The van der Waals surface area contributed by atoms with Gasteiger partial charge in [0.15, 0.2) is 5.16 Å². The molecule has 3 aromatic rings. The highest BCUT2D eigenvalue weighted by atomic mass is 32.2. The van der Waals surface area contributed by atoms with Gasteiger partial charge in [-0.1, -0.05) is 24.8 Å². The van der Waals surface area contributed by atoms with E-state index in [0.29, 0.717) is 33.4 Å². The number of aromatic nitrogens is 2. The van der Waals surface area contributed by atoms with Crippen molar-refractivity contribution in [2.24, 2.45) is 0 Å². The molecule has 0 aliphatic heterocycles. The molecular weight excluding hydrogens is 418 g/mol. The monoisotopic (exact) mass is 443 g/mol. The van der Waals surface area contributed by atoms with Crippen LogP contribution in [0.3, 0.4) is 0 Å². The molecule has 0 fully saturated rings. The predicted molar refractivity (Wildman–Crippen MR) is 124 cm³/mol. The van der Waals surface area contributed by atoms with Crippen LogP contribution in [0.5, 0.6) is 5.75 Å². The molecule has 30 heavy (non-hydrogen) atoms. The van der Waals surface area contributed by atoms with Gasteiger partial charge in [-0.15, -0.1) is 17.9 Å². The number of thioether (sulfide) groups is 1. The number of carbonyl (C=O) groups excluding carboxylic acids is 1. The molecule has 1 N–H and O–H groups in total. The molecule has 3 rings (SSSR count). The van der Waals surface area contributed by atoms with Crippen molar-refractivity contribution in [1.82, 2.24) is 14.9 Å². The second-order valence-corrected chi connectivity index (χ2v) is 9.21. The summed E-state index contributed by atoms with van der Waals surface area (Å²) in [5.41, 5.74) is 1.60. The summed E-state index contributed by atoms with van der Waals surface area (Å²) in [6.45, 7) is 9.87. The van der Waals surface area contributed by atoms with Crippen LogP contribution in [0.15, 0.2) is 46.9 Å². The fraction of sp³-hybridized carbons (Fsp3) is 0.318. The van der Waals surface area contributed by atoms with Gasteiger partial charge in [0.1, 0.15) is 10.6 Å². The first-order valence-electron chi connectivity index (χ1n) is 9.65. The maximum absolute atomic E-state index is 13.6. The lowest BCUT2D eigenvalue weighted by Gasteiger charge is -2.16. The highest BCUT2D eigenvalue weighted by Crippen LogP contribution is 2.32. The minimum atomic E-state index is -0.425. The molecule has 2 heterocycles. The van der Waals surface area contributed by atoms with Gasteiger partial charge in [0.2, 0.25) is 5.91 Å². The number of nitrogens with one attached hydrogen (secondary N) is 1. The first-order chi connectivity index (χ1) is 14.4. The maximum Gasteiger partial charge on any atom is 0.267 e. The minimum absolute atomic E-state index is 0.118. The third-order valence-corrected chi connectivity index (χ3v) is 6.85. The van der Waals surface area contributed by atoms with E-state index in [9.17, 15) is 9.59 Å². The summed E-state index contributed by atoms with van der Waals surface area (Å²) in [6.07, 6.45) is 2.39. The number of amides is 1. The number of benzene rings is 1. The Kier molecular flexibility index (Phi) is 6.99. The van der Waals surface area contributed by atoms with E-state index >= 15 is 0 Å². The molecule has 0 spiro atoms. The van der Waals surface area contributed by atoms with Crippen LogP contribution in [0, 0.1) is 6.92 Å². The SMILES string of the molecule is C=CCNC(=O)C(C)Sc1nc2sc(C)c(CC)c2c(=O)n1-c1ccc(OC)cc1. The Morgan fingerprint density at radius 2 is 2.10 bits per heavy atom. The predicted octanol–water partition coefficient (Wildman–Crippen LogP) is 4.11. The Balaban J connectivity index is 2.17. The van der Waals surface area contributed by atoms with Gasteiger partial charge in [0.05, 0.1) is 23.4 Å². The fourth-order valence-corrected chi connectivity index (χ4v) is 5.30. The average Bonchev–Trinajstić information content (AvgIpc) is 3.07. The topological polar surface area (TPSA) is 73.2 Å². The van der Waals surface area contributed by atoms with E-state index in [0.717, 1.165) is 16.9 Å². The van der Waals surface area contributed by atoms with Gasteiger partial charge in [0.25, 0.3) is 5.56 Å². The molecule has 0 radical (unpaired) electrons. The van der Waals surface area contributed by atoms with Crippen LogP contribution in [0.25, 0.3) is 15.9 Å². The number of hydrogen-bond donors (Lipinski definition) is 1. The third-order valence-electron chi connectivity index (χ3n) is 4.75. The van der Waals surface area contributed by atoms with E-state index in [1.165, 1.54) is 23.1 Å².